The Morgan fingerprint density at radius 2 is 2.18 bits per heavy atom. The molecule has 0 fully saturated rings. The number of hydrogen-bond acceptors (Lipinski definition) is 3. The topological polar surface area (TPSA) is 44.1 Å². The van der Waals surface area contributed by atoms with Crippen LogP contribution in [0.15, 0.2) is 24.3 Å². The molecule has 1 heterocycles. The van der Waals surface area contributed by atoms with Crippen molar-refractivity contribution >= 4 is 17.6 Å². The summed E-state index contributed by atoms with van der Waals surface area (Å²) in [5.41, 5.74) is 0. The highest BCUT2D eigenvalue weighted by Crippen LogP contribution is 2.12. The minimum Gasteiger partial charge on any atom is -0.464 e. The van der Waals surface area contributed by atoms with Crippen LogP contribution in [0.5, 0.6) is 0 Å². The van der Waals surface area contributed by atoms with Crippen LogP contribution in [0.2, 0.25) is 5.02 Å². The van der Waals surface area contributed by atoms with Crippen molar-refractivity contribution in [2.45, 2.75) is 13.0 Å². The molecule has 0 aliphatic rings. The van der Waals surface area contributed by atoms with Crippen molar-refractivity contribution in [1.29, 1.82) is 0 Å². The molecule has 0 saturated heterocycles. The van der Waals surface area contributed by atoms with Crippen LogP contribution in [0.4, 0.5) is 13.2 Å². The number of carbonyl (C=O) groups is 1. The maximum atomic E-state index is 12.3. The molecule has 4 nitrogen and oxygen atoms in total. The zero-order chi connectivity index (χ0) is 12.8. The van der Waals surface area contributed by atoms with Gasteiger partial charge < -0.3 is 4.74 Å². The quantitative estimate of drug-likeness (QED) is 0.771. The van der Waals surface area contributed by atoms with Crippen LogP contribution in [0.1, 0.15) is 6.42 Å². The second-order valence-corrected chi connectivity index (χ2v) is 3.43. The van der Waals surface area contributed by atoms with E-state index in [-0.39, 0.29) is 6.54 Å². The lowest BCUT2D eigenvalue weighted by Crippen LogP contribution is -2.14. The molecule has 0 spiro atoms. The van der Waals surface area contributed by atoms with E-state index in [1.54, 1.807) is 0 Å². The Bertz CT molecular complexity index is 430. The van der Waals surface area contributed by atoms with E-state index in [2.05, 4.69) is 9.84 Å². The molecule has 0 atom stereocenters. The normalized spacial score (nSPS) is 10.1. The molecule has 0 radical (unpaired) electrons. The van der Waals surface area contributed by atoms with Crippen LogP contribution in [-0.2, 0) is 16.1 Å². The molecular formula is C9H8ClF3N2O2. The smallest absolute Gasteiger partial charge is 0.327 e. The van der Waals surface area contributed by atoms with E-state index in [9.17, 15) is 18.0 Å². The van der Waals surface area contributed by atoms with Gasteiger partial charge in [0.15, 0.2) is 5.83 Å². The fraction of sp³-hybridized carbons (Fsp3) is 0.333. The van der Waals surface area contributed by atoms with Crippen LogP contribution in [0.25, 0.3) is 0 Å². The average molecular weight is 269 g/mol. The predicted octanol–water partition coefficient (Wildman–Crippen LogP) is 2.55. The van der Waals surface area contributed by atoms with Crippen molar-refractivity contribution in [3.63, 3.8) is 0 Å². The maximum Gasteiger partial charge on any atom is 0.327 e. The number of hydrogen-bond donors (Lipinski definition) is 0. The highest BCUT2D eigenvalue weighted by Gasteiger charge is 2.08. The molecule has 0 aliphatic carbocycles. The number of ether oxygens (including phenoxy) is 1. The van der Waals surface area contributed by atoms with E-state index in [0.29, 0.717) is 5.02 Å². The second-order valence-electron chi connectivity index (χ2n) is 2.99. The van der Waals surface area contributed by atoms with E-state index in [4.69, 9.17) is 11.6 Å². The summed E-state index contributed by atoms with van der Waals surface area (Å²) in [6.45, 7) is -0.660. The Hall–Kier alpha value is -1.50. The molecule has 0 N–H and O–H groups in total. The SMILES string of the molecule is O=C(Cn1cc(Cl)cn1)OCCC(F)=C(F)F. The van der Waals surface area contributed by atoms with E-state index in [1.807, 2.05) is 0 Å². The Morgan fingerprint density at radius 3 is 2.71 bits per heavy atom. The molecule has 0 unspecified atom stereocenters. The van der Waals surface area contributed by atoms with Gasteiger partial charge in [-0.15, -0.1) is 0 Å². The lowest BCUT2D eigenvalue weighted by atomic mass is 10.4. The van der Waals surface area contributed by atoms with Crippen molar-refractivity contribution in [3.8, 4) is 0 Å². The van der Waals surface area contributed by atoms with Crippen molar-refractivity contribution in [2.24, 2.45) is 0 Å². The molecule has 0 aromatic carbocycles. The predicted molar refractivity (Wildman–Crippen MR) is 53.2 cm³/mol. The Kier molecular flexibility index (Phi) is 5.02. The highest BCUT2D eigenvalue weighted by atomic mass is 35.5. The van der Waals surface area contributed by atoms with Crippen molar-refractivity contribution in [1.82, 2.24) is 9.78 Å². The van der Waals surface area contributed by atoms with E-state index >= 15 is 0 Å². The summed E-state index contributed by atoms with van der Waals surface area (Å²) in [6, 6.07) is 0. The number of halogens is 4. The third-order valence-electron chi connectivity index (χ3n) is 1.68. The lowest BCUT2D eigenvalue weighted by Gasteiger charge is -2.03. The number of nitrogens with zero attached hydrogens (tertiary/aromatic N) is 2. The highest BCUT2D eigenvalue weighted by molar-refractivity contribution is 6.30. The van der Waals surface area contributed by atoms with Gasteiger partial charge in [0.25, 0.3) is 0 Å². The van der Waals surface area contributed by atoms with E-state index in [1.165, 1.54) is 17.1 Å². The first-order chi connectivity index (χ1) is 7.99. The molecule has 0 bridgehead atoms. The standard InChI is InChI=1S/C9H8ClF3N2O2/c10-6-3-14-15(4-6)5-8(16)17-2-1-7(11)9(12)13/h3-4H,1-2,5H2. The van der Waals surface area contributed by atoms with Gasteiger partial charge in [-0.1, -0.05) is 11.6 Å². The first-order valence-corrected chi connectivity index (χ1v) is 4.90. The Balaban J connectivity index is 2.29. The summed E-state index contributed by atoms with van der Waals surface area (Å²) >= 11 is 5.55. The molecular weight excluding hydrogens is 261 g/mol. The van der Waals surface area contributed by atoms with Gasteiger partial charge >= 0.3 is 12.0 Å². The Morgan fingerprint density at radius 1 is 1.47 bits per heavy atom. The number of aromatic nitrogens is 2. The minimum atomic E-state index is -2.40. The second kappa shape index (κ2) is 6.29. The molecule has 1 aromatic heterocycles. The molecule has 0 amide bonds. The van der Waals surface area contributed by atoms with Crippen LogP contribution in [-0.4, -0.2) is 22.4 Å². The summed E-state index contributed by atoms with van der Waals surface area (Å²) < 4.78 is 41.3. The van der Waals surface area contributed by atoms with Crippen molar-refractivity contribution < 1.29 is 22.7 Å². The zero-order valence-electron chi connectivity index (χ0n) is 8.50. The fourth-order valence-electron chi connectivity index (χ4n) is 0.952. The van der Waals surface area contributed by atoms with Gasteiger partial charge in [-0.05, 0) is 0 Å². The number of carbonyl (C=O) groups excluding carboxylic acids is 1. The monoisotopic (exact) mass is 268 g/mol. The summed E-state index contributed by atoms with van der Waals surface area (Å²) in [7, 11) is 0. The van der Waals surface area contributed by atoms with Gasteiger partial charge in [0.1, 0.15) is 6.54 Å². The van der Waals surface area contributed by atoms with Crippen molar-refractivity contribution in [2.75, 3.05) is 6.61 Å². The summed E-state index contributed by atoms with van der Waals surface area (Å²) in [6.07, 6.45) is -0.325. The van der Waals surface area contributed by atoms with E-state index in [0.717, 1.165) is 0 Å². The fourth-order valence-corrected chi connectivity index (χ4v) is 1.11. The van der Waals surface area contributed by atoms with Gasteiger partial charge in [-0.2, -0.15) is 13.9 Å². The van der Waals surface area contributed by atoms with Gasteiger partial charge in [-0.3, -0.25) is 9.48 Å². The van der Waals surface area contributed by atoms with Gasteiger partial charge in [0.2, 0.25) is 0 Å². The molecule has 1 aromatic rings. The molecule has 17 heavy (non-hydrogen) atoms. The number of rotatable bonds is 5. The molecule has 8 heteroatoms. The number of esters is 1. The third kappa shape index (κ3) is 4.90. The van der Waals surface area contributed by atoms with Gasteiger partial charge in [-0.25, -0.2) is 4.39 Å². The molecule has 94 valence electrons. The van der Waals surface area contributed by atoms with Crippen LogP contribution >= 0.6 is 11.6 Å². The first kappa shape index (κ1) is 13.6. The van der Waals surface area contributed by atoms with Crippen LogP contribution < -0.4 is 0 Å². The van der Waals surface area contributed by atoms with Crippen LogP contribution in [0.3, 0.4) is 0 Å². The molecule has 0 aliphatic heterocycles. The third-order valence-corrected chi connectivity index (χ3v) is 1.88. The summed E-state index contributed by atoms with van der Waals surface area (Å²) in [4.78, 5) is 11.1. The summed E-state index contributed by atoms with van der Waals surface area (Å²) in [5.74, 6) is -2.29. The summed E-state index contributed by atoms with van der Waals surface area (Å²) in [5, 5.41) is 4.06. The Labute approximate surface area is 99.6 Å². The minimum absolute atomic E-state index is 0.212. The van der Waals surface area contributed by atoms with Crippen LogP contribution in [0, 0.1) is 0 Å². The zero-order valence-corrected chi connectivity index (χ0v) is 9.25. The average Bonchev–Trinajstić information content (AvgIpc) is 2.63. The largest absolute Gasteiger partial charge is 0.464 e. The maximum absolute atomic E-state index is 12.3. The van der Waals surface area contributed by atoms with Gasteiger partial charge in [0, 0.05) is 12.6 Å². The van der Waals surface area contributed by atoms with Gasteiger partial charge in [0.05, 0.1) is 17.8 Å². The van der Waals surface area contributed by atoms with E-state index < -0.39 is 30.9 Å². The van der Waals surface area contributed by atoms with Crippen molar-refractivity contribution in [3.05, 3.63) is 29.3 Å². The molecule has 1 rings (SSSR count). The lowest BCUT2D eigenvalue weighted by molar-refractivity contribution is -0.144. The first-order valence-electron chi connectivity index (χ1n) is 4.52. The molecule has 0 saturated carbocycles.